The minimum absolute atomic E-state index is 0.191. The number of carboxylic acid groups (broad SMARTS) is 1. The fraction of sp³-hybridized carbons (Fsp3) is 0.353. The molecule has 8 nitrogen and oxygen atoms in total. The molecule has 1 amide bonds. The van der Waals surface area contributed by atoms with Gasteiger partial charge in [0.2, 0.25) is 0 Å². The lowest BCUT2D eigenvalue weighted by molar-refractivity contribution is -0.139. The van der Waals surface area contributed by atoms with Gasteiger partial charge in [-0.25, -0.2) is 17.9 Å². The highest BCUT2D eigenvalue weighted by atomic mass is 32.2. The lowest BCUT2D eigenvalue weighted by Gasteiger charge is -2.14. The highest BCUT2D eigenvalue weighted by Crippen LogP contribution is 2.13. The zero-order valence-corrected chi connectivity index (χ0v) is 15.6. The summed E-state index contributed by atoms with van der Waals surface area (Å²) < 4.78 is 24.1. The molecule has 0 bridgehead atoms. The zero-order chi connectivity index (χ0) is 19.5. The fourth-order valence-corrected chi connectivity index (χ4v) is 3.14. The van der Waals surface area contributed by atoms with Crippen molar-refractivity contribution in [2.45, 2.75) is 26.3 Å². The quantitative estimate of drug-likeness (QED) is 0.744. The van der Waals surface area contributed by atoms with Gasteiger partial charge >= 0.3 is 5.97 Å². The average Bonchev–Trinajstić information content (AvgIpc) is 2.88. The molecule has 0 aliphatic heterocycles. The van der Waals surface area contributed by atoms with Crippen molar-refractivity contribution in [1.82, 2.24) is 15.1 Å². The number of rotatable bonds is 7. The van der Waals surface area contributed by atoms with Gasteiger partial charge in [0.1, 0.15) is 15.9 Å². The smallest absolute Gasteiger partial charge is 0.326 e. The molecule has 1 aromatic carbocycles. The fourth-order valence-electron chi connectivity index (χ4n) is 2.48. The molecule has 0 aliphatic carbocycles. The van der Waals surface area contributed by atoms with E-state index in [4.69, 9.17) is 0 Å². The van der Waals surface area contributed by atoms with Crippen LogP contribution in [-0.2, 0) is 14.6 Å². The van der Waals surface area contributed by atoms with Crippen molar-refractivity contribution in [2.24, 2.45) is 0 Å². The minimum Gasteiger partial charge on any atom is -0.480 e. The molecule has 0 saturated heterocycles. The van der Waals surface area contributed by atoms with E-state index < -0.39 is 27.8 Å². The van der Waals surface area contributed by atoms with Crippen LogP contribution in [0.1, 0.15) is 28.2 Å². The first-order valence-electron chi connectivity index (χ1n) is 7.92. The van der Waals surface area contributed by atoms with Crippen LogP contribution in [0.5, 0.6) is 0 Å². The summed E-state index contributed by atoms with van der Waals surface area (Å²) in [4.78, 5) is 23.5. The van der Waals surface area contributed by atoms with Gasteiger partial charge in [0, 0.05) is 17.5 Å². The number of sulfone groups is 1. The average molecular weight is 379 g/mol. The predicted octanol–water partition coefficient (Wildman–Crippen LogP) is 1.11. The molecule has 1 heterocycles. The molecule has 0 spiro atoms. The first kappa shape index (κ1) is 19.6. The third kappa shape index (κ3) is 5.16. The van der Waals surface area contributed by atoms with Crippen molar-refractivity contribution >= 4 is 21.7 Å². The number of carboxylic acids is 1. The molecule has 9 heteroatoms. The van der Waals surface area contributed by atoms with Crippen molar-refractivity contribution in [1.29, 1.82) is 0 Å². The molecule has 1 atom stereocenters. The van der Waals surface area contributed by atoms with Crippen LogP contribution in [0.3, 0.4) is 0 Å². The van der Waals surface area contributed by atoms with Crippen LogP contribution >= 0.6 is 0 Å². The van der Waals surface area contributed by atoms with Crippen molar-refractivity contribution in [2.75, 3.05) is 12.0 Å². The number of nitrogens with one attached hydrogen (secondary N) is 1. The molecule has 0 fully saturated rings. The molecular formula is C17H21N3O5S. The summed E-state index contributed by atoms with van der Waals surface area (Å²) >= 11 is 0. The Bertz CT molecular complexity index is 916. The number of benzene rings is 1. The summed E-state index contributed by atoms with van der Waals surface area (Å²) in [5.41, 5.74) is 2.88. The van der Waals surface area contributed by atoms with Crippen LogP contribution in [0.15, 0.2) is 30.3 Å². The Labute approximate surface area is 151 Å². The first-order valence-corrected chi connectivity index (χ1v) is 9.98. The van der Waals surface area contributed by atoms with E-state index in [1.54, 1.807) is 28.9 Å². The van der Waals surface area contributed by atoms with E-state index in [0.717, 1.165) is 23.3 Å². The monoisotopic (exact) mass is 379 g/mol. The number of aryl methyl sites for hydroxylation is 2. The van der Waals surface area contributed by atoms with Crippen molar-refractivity contribution in [3.8, 4) is 5.69 Å². The number of amides is 1. The lowest BCUT2D eigenvalue weighted by Crippen LogP contribution is -2.41. The molecule has 0 aliphatic rings. The molecule has 0 radical (unpaired) electrons. The van der Waals surface area contributed by atoms with Gasteiger partial charge in [-0.1, -0.05) is 0 Å². The van der Waals surface area contributed by atoms with Crippen molar-refractivity contribution in [3.05, 3.63) is 47.3 Å². The molecular weight excluding hydrogens is 358 g/mol. The minimum atomic E-state index is -3.32. The standard InChI is InChI=1S/C17H21N3O5S/c1-11-10-12(2)20(19-11)14-6-4-13(5-7-14)16(21)18-15(17(22)23)8-9-26(3,24)25/h4-7,10,15H,8-9H2,1-3H3,(H,18,21)(H,22,23)/t15-/m1/s1. The van der Waals surface area contributed by atoms with Gasteiger partial charge in [-0.2, -0.15) is 5.10 Å². The van der Waals surface area contributed by atoms with Gasteiger partial charge in [-0.15, -0.1) is 0 Å². The van der Waals surface area contributed by atoms with Crippen LogP contribution in [0.25, 0.3) is 5.69 Å². The summed E-state index contributed by atoms with van der Waals surface area (Å²) in [5, 5.41) is 15.9. The Morgan fingerprint density at radius 2 is 1.85 bits per heavy atom. The third-order valence-electron chi connectivity index (χ3n) is 3.76. The number of aromatic nitrogens is 2. The van der Waals surface area contributed by atoms with E-state index >= 15 is 0 Å². The molecule has 2 aromatic rings. The van der Waals surface area contributed by atoms with E-state index in [1.165, 1.54) is 0 Å². The summed E-state index contributed by atoms with van der Waals surface area (Å²) in [6.07, 6.45) is 0.829. The maximum absolute atomic E-state index is 12.3. The second-order valence-corrected chi connectivity index (χ2v) is 8.43. The molecule has 0 saturated carbocycles. The van der Waals surface area contributed by atoms with Gasteiger partial charge in [0.05, 0.1) is 17.1 Å². The summed E-state index contributed by atoms with van der Waals surface area (Å²) in [6.45, 7) is 3.80. The molecule has 2 rings (SSSR count). The topological polar surface area (TPSA) is 118 Å². The number of carbonyl (C=O) groups is 2. The Balaban J connectivity index is 2.11. The second kappa shape index (κ2) is 7.69. The molecule has 1 aromatic heterocycles. The van der Waals surface area contributed by atoms with Gasteiger partial charge in [0.15, 0.2) is 0 Å². The summed E-state index contributed by atoms with van der Waals surface area (Å²) in [7, 11) is -3.32. The highest BCUT2D eigenvalue weighted by molar-refractivity contribution is 7.90. The molecule has 2 N–H and O–H groups in total. The number of carbonyl (C=O) groups excluding carboxylic acids is 1. The van der Waals surface area contributed by atoms with Crippen molar-refractivity contribution in [3.63, 3.8) is 0 Å². The largest absolute Gasteiger partial charge is 0.480 e. The first-order chi connectivity index (χ1) is 12.1. The van der Waals surface area contributed by atoms with Gasteiger partial charge in [-0.05, 0) is 50.6 Å². The lowest BCUT2D eigenvalue weighted by atomic mass is 10.1. The summed E-state index contributed by atoms with van der Waals surface area (Å²) in [5.74, 6) is -2.17. The van der Waals surface area contributed by atoms with E-state index in [0.29, 0.717) is 0 Å². The Hall–Kier alpha value is -2.68. The van der Waals surface area contributed by atoms with Crippen LogP contribution < -0.4 is 5.32 Å². The SMILES string of the molecule is Cc1cc(C)n(-c2ccc(C(=O)N[C@H](CCS(C)(=O)=O)C(=O)O)cc2)n1. The molecule has 0 unspecified atom stereocenters. The van der Waals surface area contributed by atoms with Crippen molar-refractivity contribution < 1.29 is 23.1 Å². The van der Waals surface area contributed by atoms with E-state index in [-0.39, 0.29) is 17.7 Å². The number of hydrogen-bond acceptors (Lipinski definition) is 5. The van der Waals surface area contributed by atoms with Crippen LogP contribution in [0.4, 0.5) is 0 Å². The highest BCUT2D eigenvalue weighted by Gasteiger charge is 2.22. The van der Waals surface area contributed by atoms with Gasteiger partial charge in [-0.3, -0.25) is 4.79 Å². The number of aliphatic carboxylic acids is 1. The van der Waals surface area contributed by atoms with Gasteiger partial charge < -0.3 is 10.4 Å². The third-order valence-corrected chi connectivity index (χ3v) is 4.74. The maximum atomic E-state index is 12.3. The van der Waals surface area contributed by atoms with Gasteiger partial charge in [0.25, 0.3) is 5.91 Å². The normalized spacial score (nSPS) is 12.6. The number of nitrogens with zero attached hydrogens (tertiary/aromatic N) is 2. The van der Waals surface area contributed by atoms with E-state index in [1.807, 2.05) is 19.9 Å². The Morgan fingerprint density at radius 3 is 2.31 bits per heavy atom. The van der Waals surface area contributed by atoms with E-state index in [9.17, 15) is 23.1 Å². The molecule has 140 valence electrons. The van der Waals surface area contributed by atoms with Crippen LogP contribution in [0, 0.1) is 13.8 Å². The summed E-state index contributed by atoms with van der Waals surface area (Å²) in [6, 6.07) is 7.21. The Morgan fingerprint density at radius 1 is 1.23 bits per heavy atom. The van der Waals surface area contributed by atoms with Crippen LogP contribution in [0.2, 0.25) is 0 Å². The maximum Gasteiger partial charge on any atom is 0.326 e. The predicted molar refractivity (Wildman–Crippen MR) is 96.3 cm³/mol. The van der Waals surface area contributed by atoms with Crippen LogP contribution in [-0.4, -0.2) is 53.2 Å². The zero-order valence-electron chi connectivity index (χ0n) is 14.8. The Kier molecular flexibility index (Phi) is 5.81. The van der Waals surface area contributed by atoms with E-state index in [2.05, 4.69) is 10.4 Å². The number of hydrogen-bond donors (Lipinski definition) is 2. The second-order valence-electron chi connectivity index (χ2n) is 6.17. The molecule has 26 heavy (non-hydrogen) atoms.